The molecule has 0 aromatic heterocycles. The van der Waals surface area contributed by atoms with Crippen molar-refractivity contribution in [2.75, 3.05) is 25.1 Å². The van der Waals surface area contributed by atoms with E-state index in [1.807, 2.05) is 37.9 Å². The number of ether oxygens (including phenoxy) is 1. The Kier molecular flexibility index (Phi) is 5.26. The molecule has 1 aromatic carbocycles. The average Bonchev–Trinajstić information content (AvgIpc) is 3.33. The van der Waals surface area contributed by atoms with E-state index in [0.29, 0.717) is 18.8 Å². The fourth-order valence-electron chi connectivity index (χ4n) is 2.49. The number of halogens is 3. The third-order valence-electron chi connectivity index (χ3n) is 4.11. The van der Waals surface area contributed by atoms with Crippen LogP contribution in [0.3, 0.4) is 0 Å². The molecule has 1 aromatic rings. The van der Waals surface area contributed by atoms with Crippen LogP contribution in [-0.4, -0.2) is 26.4 Å². The summed E-state index contributed by atoms with van der Waals surface area (Å²) in [6, 6.07) is 5.55. The molecule has 2 aliphatic rings. The topological polar surface area (TPSA) is 12.5 Å². The molecule has 0 amide bonds. The highest BCUT2D eigenvalue weighted by atomic mass is 19.4. The number of rotatable bonds is 0. The molecule has 1 fully saturated rings. The summed E-state index contributed by atoms with van der Waals surface area (Å²) in [7, 11) is 1.95. The van der Waals surface area contributed by atoms with Crippen LogP contribution in [0.2, 0.25) is 0 Å². The monoisotopic (exact) mass is 325 g/mol. The Morgan fingerprint density at radius 3 is 2.52 bits per heavy atom. The fraction of sp³-hybridized carbons (Fsp3) is 0.556. The molecular weight excluding hydrogens is 303 g/mol. The second-order valence-electron chi connectivity index (χ2n) is 5.61. The maximum atomic E-state index is 12.9. The quantitative estimate of drug-likeness (QED) is 0.657. The van der Waals surface area contributed by atoms with Crippen molar-refractivity contribution < 1.29 is 17.9 Å². The number of benzene rings is 1. The van der Waals surface area contributed by atoms with Crippen LogP contribution in [0.1, 0.15) is 37.8 Å². The predicted molar refractivity (Wildman–Crippen MR) is 85.3 cm³/mol. The first-order valence-electron chi connectivity index (χ1n) is 7.94. The van der Waals surface area contributed by atoms with Crippen LogP contribution in [0.25, 0.3) is 0 Å². The maximum absolute atomic E-state index is 12.9. The van der Waals surface area contributed by atoms with E-state index in [2.05, 4.69) is 11.8 Å². The number of alkyl halides is 3. The normalized spacial score (nSPS) is 18.6. The SMILES string of the molecule is CC.CN1CCOCc2c(C#CC3(C(F)(F)F)CC3)cccc21. The Hall–Kier alpha value is -1.67. The lowest BCUT2D eigenvalue weighted by Gasteiger charge is -2.19. The Morgan fingerprint density at radius 1 is 1.22 bits per heavy atom. The van der Waals surface area contributed by atoms with Gasteiger partial charge in [0.1, 0.15) is 5.41 Å². The van der Waals surface area contributed by atoms with Crippen molar-refractivity contribution in [2.24, 2.45) is 5.41 Å². The minimum atomic E-state index is -4.24. The van der Waals surface area contributed by atoms with Gasteiger partial charge in [-0.15, -0.1) is 0 Å². The van der Waals surface area contributed by atoms with Gasteiger partial charge < -0.3 is 9.64 Å². The van der Waals surface area contributed by atoms with Gasteiger partial charge in [0.05, 0.1) is 13.2 Å². The van der Waals surface area contributed by atoms with Gasteiger partial charge in [-0.2, -0.15) is 13.2 Å². The summed E-state index contributed by atoms with van der Waals surface area (Å²) in [5, 5.41) is 0. The number of fused-ring (bicyclic) bond motifs is 1. The van der Waals surface area contributed by atoms with Gasteiger partial charge in [0, 0.05) is 30.4 Å². The molecule has 1 saturated carbocycles. The Bertz CT molecular complexity index is 609. The lowest BCUT2D eigenvalue weighted by atomic mass is 10.0. The summed E-state index contributed by atoms with van der Waals surface area (Å²) >= 11 is 0. The highest BCUT2D eigenvalue weighted by Gasteiger charge is 2.62. The van der Waals surface area contributed by atoms with Crippen LogP contribution in [0.5, 0.6) is 0 Å². The van der Waals surface area contributed by atoms with Gasteiger partial charge in [0.15, 0.2) is 0 Å². The third kappa shape index (κ3) is 3.64. The largest absolute Gasteiger partial charge is 0.405 e. The predicted octanol–water partition coefficient (Wildman–Crippen LogP) is 4.37. The molecule has 0 bridgehead atoms. The molecule has 1 aliphatic carbocycles. The third-order valence-corrected chi connectivity index (χ3v) is 4.11. The van der Waals surface area contributed by atoms with Crippen LogP contribution >= 0.6 is 0 Å². The van der Waals surface area contributed by atoms with Gasteiger partial charge in [-0.05, 0) is 25.0 Å². The van der Waals surface area contributed by atoms with Crippen LogP contribution in [0, 0.1) is 17.3 Å². The molecule has 0 atom stereocenters. The van der Waals surface area contributed by atoms with Gasteiger partial charge in [0.25, 0.3) is 0 Å². The highest BCUT2D eigenvalue weighted by molar-refractivity contribution is 5.61. The van der Waals surface area contributed by atoms with Crippen LogP contribution in [0.15, 0.2) is 18.2 Å². The zero-order valence-electron chi connectivity index (χ0n) is 13.8. The van der Waals surface area contributed by atoms with Gasteiger partial charge in [-0.25, -0.2) is 0 Å². The van der Waals surface area contributed by atoms with E-state index in [1.165, 1.54) is 0 Å². The summed E-state index contributed by atoms with van der Waals surface area (Å²) in [6.45, 7) is 5.75. The van der Waals surface area contributed by atoms with E-state index in [9.17, 15) is 13.2 Å². The first-order chi connectivity index (χ1) is 10.9. The first kappa shape index (κ1) is 17.7. The van der Waals surface area contributed by atoms with E-state index in [0.717, 1.165) is 17.8 Å². The zero-order chi connectivity index (χ0) is 17.1. The van der Waals surface area contributed by atoms with E-state index in [4.69, 9.17) is 4.74 Å². The number of likely N-dealkylation sites (N-methyl/N-ethyl adjacent to an activating group) is 1. The molecule has 0 spiro atoms. The molecule has 23 heavy (non-hydrogen) atoms. The molecule has 3 rings (SSSR count). The van der Waals surface area contributed by atoms with Crippen LogP contribution < -0.4 is 4.90 Å². The number of nitrogens with zero attached hydrogens (tertiary/aromatic N) is 1. The standard InChI is InChI=1S/C16H16F3NO.C2H6/c1-20-9-10-21-11-13-12(3-2-4-14(13)20)5-6-15(7-8-15)16(17,18)19;1-2/h2-4H,7-11H2,1H3;1-2H3. The molecule has 0 radical (unpaired) electrons. The second kappa shape index (κ2) is 6.84. The van der Waals surface area contributed by atoms with Crippen LogP contribution in [0.4, 0.5) is 18.9 Å². The van der Waals surface area contributed by atoms with Crippen molar-refractivity contribution in [2.45, 2.75) is 39.5 Å². The van der Waals surface area contributed by atoms with Gasteiger partial charge in [-0.3, -0.25) is 0 Å². The van der Waals surface area contributed by atoms with Crippen molar-refractivity contribution >= 4 is 5.69 Å². The molecule has 1 heterocycles. The molecular formula is C18H22F3NO. The molecule has 5 heteroatoms. The fourth-order valence-corrected chi connectivity index (χ4v) is 2.49. The zero-order valence-corrected chi connectivity index (χ0v) is 13.8. The van der Waals surface area contributed by atoms with Crippen molar-refractivity contribution in [3.05, 3.63) is 29.3 Å². The lowest BCUT2D eigenvalue weighted by Crippen LogP contribution is -2.22. The number of hydrogen-bond acceptors (Lipinski definition) is 2. The summed E-state index contributed by atoms with van der Waals surface area (Å²) in [6.07, 6.45) is -4.02. The summed E-state index contributed by atoms with van der Waals surface area (Å²) in [5.74, 6) is 5.22. The van der Waals surface area contributed by atoms with Gasteiger partial charge in [-0.1, -0.05) is 31.8 Å². The molecule has 0 unspecified atom stereocenters. The molecule has 126 valence electrons. The number of hydrogen-bond donors (Lipinski definition) is 0. The lowest BCUT2D eigenvalue weighted by molar-refractivity contribution is -0.168. The minimum Gasteiger partial charge on any atom is -0.375 e. The summed E-state index contributed by atoms with van der Waals surface area (Å²) < 4.78 is 44.3. The first-order valence-corrected chi connectivity index (χ1v) is 7.94. The Labute approximate surface area is 135 Å². The molecule has 0 saturated heterocycles. The van der Waals surface area contributed by atoms with Gasteiger partial charge >= 0.3 is 6.18 Å². The summed E-state index contributed by atoms with van der Waals surface area (Å²) in [4.78, 5) is 2.05. The smallest absolute Gasteiger partial charge is 0.375 e. The summed E-state index contributed by atoms with van der Waals surface area (Å²) in [5.41, 5.74) is 0.712. The minimum absolute atomic E-state index is 0.106. The average molecular weight is 325 g/mol. The second-order valence-corrected chi connectivity index (χ2v) is 5.61. The van der Waals surface area contributed by atoms with Crippen molar-refractivity contribution in [1.29, 1.82) is 0 Å². The molecule has 0 N–H and O–H groups in total. The van der Waals surface area contributed by atoms with E-state index >= 15 is 0 Å². The van der Waals surface area contributed by atoms with Crippen molar-refractivity contribution in [1.82, 2.24) is 0 Å². The van der Waals surface area contributed by atoms with Gasteiger partial charge in [0.2, 0.25) is 0 Å². The van der Waals surface area contributed by atoms with E-state index in [1.54, 1.807) is 6.07 Å². The maximum Gasteiger partial charge on any atom is 0.405 e. The molecule has 1 aliphatic heterocycles. The van der Waals surface area contributed by atoms with Crippen molar-refractivity contribution in [3.63, 3.8) is 0 Å². The Morgan fingerprint density at radius 2 is 1.91 bits per heavy atom. The van der Waals surface area contributed by atoms with Crippen molar-refractivity contribution in [3.8, 4) is 11.8 Å². The van der Waals surface area contributed by atoms with E-state index < -0.39 is 11.6 Å². The van der Waals surface area contributed by atoms with Crippen LogP contribution in [-0.2, 0) is 11.3 Å². The highest BCUT2D eigenvalue weighted by Crippen LogP contribution is 2.57. The molecule has 2 nitrogen and oxygen atoms in total. The number of anilines is 1. The van der Waals surface area contributed by atoms with E-state index in [-0.39, 0.29) is 12.8 Å². The Balaban J connectivity index is 0.000000924.